The number of aryl methyl sites for hydroxylation is 2. The highest BCUT2D eigenvalue weighted by Crippen LogP contribution is 2.34. The van der Waals surface area contributed by atoms with Crippen molar-refractivity contribution in [1.29, 1.82) is 0 Å². The number of ketones is 1. The Labute approximate surface area is 179 Å². The zero-order chi connectivity index (χ0) is 20.7. The Morgan fingerprint density at radius 2 is 1.87 bits per heavy atom. The third kappa shape index (κ3) is 3.52. The average molecular weight is 415 g/mol. The molecular formula is C24H22N4OS. The smallest absolute Gasteiger partial charge is 0.253 e. The maximum Gasteiger partial charge on any atom is 0.253 e. The molecule has 2 aromatic heterocycles. The molecule has 30 heavy (non-hydrogen) atoms. The van der Waals surface area contributed by atoms with Crippen molar-refractivity contribution < 1.29 is 4.79 Å². The van der Waals surface area contributed by atoms with E-state index in [0.717, 1.165) is 17.9 Å². The predicted molar refractivity (Wildman–Crippen MR) is 118 cm³/mol. The van der Waals surface area contributed by atoms with E-state index in [1.54, 1.807) is 22.5 Å². The molecule has 0 radical (unpaired) electrons. The zero-order valence-electron chi connectivity index (χ0n) is 17.0. The lowest BCUT2D eigenvalue weighted by atomic mass is 9.80. The number of benzene rings is 2. The van der Waals surface area contributed by atoms with Gasteiger partial charge in [0.25, 0.3) is 5.78 Å². The molecule has 0 amide bonds. The van der Waals surface area contributed by atoms with Gasteiger partial charge in [0, 0.05) is 18.4 Å². The summed E-state index contributed by atoms with van der Waals surface area (Å²) in [5.41, 5.74) is 6.52. The van der Waals surface area contributed by atoms with Gasteiger partial charge in [0.2, 0.25) is 5.16 Å². The lowest BCUT2D eigenvalue weighted by Gasteiger charge is -2.25. The van der Waals surface area contributed by atoms with Crippen LogP contribution in [0.2, 0.25) is 0 Å². The van der Waals surface area contributed by atoms with E-state index in [1.807, 2.05) is 12.1 Å². The van der Waals surface area contributed by atoms with Gasteiger partial charge >= 0.3 is 0 Å². The van der Waals surface area contributed by atoms with Crippen molar-refractivity contribution in [2.75, 3.05) is 0 Å². The number of rotatable bonds is 4. The first-order chi connectivity index (χ1) is 14.6. The van der Waals surface area contributed by atoms with Gasteiger partial charge in [-0.2, -0.15) is 9.50 Å². The van der Waals surface area contributed by atoms with E-state index in [-0.39, 0.29) is 11.7 Å². The molecule has 2 heterocycles. The second-order valence-corrected chi connectivity index (χ2v) is 8.83. The first-order valence-electron chi connectivity index (χ1n) is 10.1. The number of aromatic nitrogens is 4. The van der Waals surface area contributed by atoms with Crippen molar-refractivity contribution in [3.8, 4) is 0 Å². The van der Waals surface area contributed by atoms with E-state index in [9.17, 15) is 4.79 Å². The molecule has 0 saturated heterocycles. The molecule has 1 unspecified atom stereocenters. The SMILES string of the molecule is Cc1ccc(CSc2nc3ncc4c(n3n2)CC(c2ccccc2C)CC4=O)cc1. The second-order valence-electron chi connectivity index (χ2n) is 7.88. The topological polar surface area (TPSA) is 60.1 Å². The van der Waals surface area contributed by atoms with Gasteiger partial charge in [-0.3, -0.25) is 4.79 Å². The highest BCUT2D eigenvalue weighted by molar-refractivity contribution is 7.98. The highest BCUT2D eigenvalue weighted by atomic mass is 32.2. The quantitative estimate of drug-likeness (QED) is 0.442. The van der Waals surface area contributed by atoms with Gasteiger partial charge in [-0.1, -0.05) is 65.9 Å². The molecule has 1 aliphatic rings. The summed E-state index contributed by atoms with van der Waals surface area (Å²) in [4.78, 5) is 21.9. The fraction of sp³-hybridized carbons (Fsp3) is 0.250. The fourth-order valence-electron chi connectivity index (χ4n) is 4.09. The Balaban J connectivity index is 1.46. The van der Waals surface area contributed by atoms with Crippen molar-refractivity contribution in [3.05, 3.63) is 88.2 Å². The monoisotopic (exact) mass is 414 g/mol. The number of Topliss-reactive ketones (excluding diaryl/α,β-unsaturated/α-hetero) is 1. The molecule has 0 saturated carbocycles. The van der Waals surface area contributed by atoms with Crippen LogP contribution in [0, 0.1) is 13.8 Å². The van der Waals surface area contributed by atoms with Crippen molar-refractivity contribution >= 4 is 23.3 Å². The van der Waals surface area contributed by atoms with Gasteiger partial charge in [-0.05, 0) is 42.9 Å². The summed E-state index contributed by atoms with van der Waals surface area (Å²) in [5, 5.41) is 5.38. The first-order valence-corrected chi connectivity index (χ1v) is 11.1. The molecule has 0 N–H and O–H groups in total. The summed E-state index contributed by atoms with van der Waals surface area (Å²) >= 11 is 1.59. The van der Waals surface area contributed by atoms with Crippen LogP contribution in [0.15, 0.2) is 59.9 Å². The van der Waals surface area contributed by atoms with Crippen LogP contribution in [-0.2, 0) is 12.2 Å². The minimum atomic E-state index is 0.128. The van der Waals surface area contributed by atoms with Gasteiger partial charge in [0.15, 0.2) is 5.78 Å². The summed E-state index contributed by atoms with van der Waals surface area (Å²) in [6.07, 6.45) is 2.94. The molecule has 2 aromatic carbocycles. The number of carbonyl (C=O) groups is 1. The van der Waals surface area contributed by atoms with Gasteiger partial charge in [-0.25, -0.2) is 4.98 Å². The third-order valence-corrected chi connectivity index (χ3v) is 6.64. The summed E-state index contributed by atoms with van der Waals surface area (Å²) in [6.45, 7) is 4.19. The number of hydrogen-bond donors (Lipinski definition) is 0. The molecule has 5 rings (SSSR count). The number of hydrogen-bond acceptors (Lipinski definition) is 5. The van der Waals surface area contributed by atoms with Crippen molar-refractivity contribution in [3.63, 3.8) is 0 Å². The normalized spacial score (nSPS) is 16.1. The summed E-state index contributed by atoms with van der Waals surface area (Å²) in [6, 6.07) is 16.8. The van der Waals surface area contributed by atoms with Crippen LogP contribution in [0.1, 0.15) is 50.6 Å². The van der Waals surface area contributed by atoms with Crippen LogP contribution in [0.3, 0.4) is 0 Å². The molecular weight excluding hydrogens is 392 g/mol. The largest absolute Gasteiger partial charge is 0.294 e. The van der Waals surface area contributed by atoms with Crippen LogP contribution in [-0.4, -0.2) is 25.4 Å². The average Bonchev–Trinajstić information content (AvgIpc) is 3.17. The molecule has 0 fully saturated rings. The van der Waals surface area contributed by atoms with E-state index >= 15 is 0 Å². The van der Waals surface area contributed by atoms with E-state index in [2.05, 4.69) is 60.2 Å². The van der Waals surface area contributed by atoms with Crippen molar-refractivity contribution in [1.82, 2.24) is 19.6 Å². The number of nitrogens with zero attached hydrogens (tertiary/aromatic N) is 4. The number of carbonyl (C=O) groups excluding carboxylic acids is 1. The van der Waals surface area contributed by atoms with Gasteiger partial charge in [-0.15, -0.1) is 5.10 Å². The molecule has 5 nitrogen and oxygen atoms in total. The third-order valence-electron chi connectivity index (χ3n) is 5.74. The number of thioether (sulfide) groups is 1. The summed E-state index contributed by atoms with van der Waals surface area (Å²) in [5.74, 6) is 1.63. The standard InChI is InChI=1S/C24H22N4OS/c1-15-7-9-17(10-8-15)14-30-24-26-23-25-13-20-21(28(23)27-24)11-18(12-22(20)29)19-6-4-3-5-16(19)2/h3-10,13,18H,11-12,14H2,1-2H3. The zero-order valence-corrected chi connectivity index (χ0v) is 17.8. The highest BCUT2D eigenvalue weighted by Gasteiger charge is 2.30. The lowest BCUT2D eigenvalue weighted by Crippen LogP contribution is -2.23. The first kappa shape index (κ1) is 19.0. The molecule has 1 atom stereocenters. The molecule has 4 aromatic rings. The van der Waals surface area contributed by atoms with Crippen LogP contribution in [0.4, 0.5) is 0 Å². The lowest BCUT2D eigenvalue weighted by molar-refractivity contribution is 0.0962. The molecule has 0 aliphatic heterocycles. The van der Waals surface area contributed by atoms with E-state index in [4.69, 9.17) is 5.10 Å². The van der Waals surface area contributed by atoms with Crippen molar-refractivity contribution in [2.24, 2.45) is 0 Å². The van der Waals surface area contributed by atoms with Gasteiger partial charge in [0.05, 0.1) is 11.3 Å². The van der Waals surface area contributed by atoms with E-state index in [0.29, 0.717) is 22.9 Å². The van der Waals surface area contributed by atoms with E-state index < -0.39 is 0 Å². The van der Waals surface area contributed by atoms with E-state index in [1.165, 1.54) is 22.3 Å². The minimum absolute atomic E-state index is 0.128. The summed E-state index contributed by atoms with van der Waals surface area (Å²) < 4.78 is 1.77. The van der Waals surface area contributed by atoms with Crippen LogP contribution < -0.4 is 0 Å². The van der Waals surface area contributed by atoms with Gasteiger partial charge in [0.1, 0.15) is 0 Å². The molecule has 0 spiro atoms. The minimum Gasteiger partial charge on any atom is -0.294 e. The maximum absolute atomic E-state index is 12.9. The van der Waals surface area contributed by atoms with Crippen LogP contribution in [0.5, 0.6) is 0 Å². The van der Waals surface area contributed by atoms with Gasteiger partial charge < -0.3 is 0 Å². The Bertz CT molecular complexity index is 1250. The second kappa shape index (κ2) is 7.69. The Kier molecular flexibility index (Phi) is 4.87. The Hall–Kier alpha value is -2.99. The molecule has 6 heteroatoms. The maximum atomic E-state index is 12.9. The summed E-state index contributed by atoms with van der Waals surface area (Å²) in [7, 11) is 0. The molecule has 1 aliphatic carbocycles. The van der Waals surface area contributed by atoms with Crippen LogP contribution in [0.25, 0.3) is 5.78 Å². The predicted octanol–water partition coefficient (Wildman–Crippen LogP) is 4.95. The molecule has 0 bridgehead atoms. The Morgan fingerprint density at radius 3 is 2.67 bits per heavy atom. The Morgan fingerprint density at radius 1 is 1.07 bits per heavy atom. The van der Waals surface area contributed by atoms with Crippen molar-refractivity contribution in [2.45, 2.75) is 43.5 Å². The molecule has 150 valence electrons. The van der Waals surface area contributed by atoms with Crippen LogP contribution >= 0.6 is 11.8 Å². The fourth-order valence-corrected chi connectivity index (χ4v) is 4.86. The number of fused-ring (bicyclic) bond motifs is 3.